The van der Waals surface area contributed by atoms with E-state index >= 15 is 0 Å². The number of benzene rings is 1. The van der Waals surface area contributed by atoms with Gasteiger partial charge < -0.3 is 4.74 Å². The molecule has 1 aliphatic heterocycles. The average Bonchev–Trinajstić information content (AvgIpc) is 2.40. The van der Waals surface area contributed by atoms with Crippen molar-refractivity contribution in [3.63, 3.8) is 0 Å². The Hall–Kier alpha value is -2.06. The minimum absolute atomic E-state index is 0.0676. The van der Waals surface area contributed by atoms with Crippen molar-refractivity contribution >= 4 is 0 Å². The molecule has 102 valence electrons. The number of hydrogen-bond acceptors (Lipinski definition) is 6. The van der Waals surface area contributed by atoms with E-state index in [0.717, 1.165) is 0 Å². The van der Waals surface area contributed by atoms with E-state index in [9.17, 15) is 20.2 Å². The Morgan fingerprint density at radius 1 is 1.32 bits per heavy atom. The monoisotopic (exact) mass is 267 g/mol. The molecule has 8 nitrogen and oxygen atoms in total. The first-order valence-corrected chi connectivity index (χ1v) is 5.75. The molecule has 0 saturated carbocycles. The Morgan fingerprint density at radius 2 is 2.00 bits per heavy atom. The summed E-state index contributed by atoms with van der Waals surface area (Å²) in [6.07, 6.45) is -1.71. The van der Waals surface area contributed by atoms with Gasteiger partial charge in [0.05, 0.1) is 22.9 Å². The Balaban J connectivity index is 2.35. The molecule has 0 aliphatic carbocycles. The number of hydrogen-bond donors (Lipinski definition) is 1. The fraction of sp³-hybridized carbons (Fsp3) is 0.455. The number of ether oxygens (including phenoxy) is 1. The maximum atomic E-state index is 11.3. The van der Waals surface area contributed by atoms with Gasteiger partial charge in [-0.15, -0.1) is 0 Å². The summed E-state index contributed by atoms with van der Waals surface area (Å²) in [4.78, 5) is 20.9. The number of rotatable bonds is 4. The molecule has 1 saturated heterocycles. The molecule has 1 heterocycles. The first kappa shape index (κ1) is 13.4. The molecule has 19 heavy (non-hydrogen) atoms. The van der Waals surface area contributed by atoms with Gasteiger partial charge in [-0.25, -0.2) is 5.32 Å². The first-order chi connectivity index (χ1) is 9.06. The Labute approximate surface area is 108 Å². The molecule has 0 amide bonds. The second-order valence-electron chi connectivity index (χ2n) is 4.25. The van der Waals surface area contributed by atoms with Crippen molar-refractivity contribution in [2.24, 2.45) is 0 Å². The van der Waals surface area contributed by atoms with E-state index in [1.807, 2.05) is 0 Å². The summed E-state index contributed by atoms with van der Waals surface area (Å²) in [6, 6.07) is 8.58. The van der Waals surface area contributed by atoms with Crippen molar-refractivity contribution in [1.29, 1.82) is 0 Å². The molecule has 2 atom stereocenters. The quantitative estimate of drug-likeness (QED) is 0.626. The third-order valence-corrected chi connectivity index (χ3v) is 3.04. The van der Waals surface area contributed by atoms with Crippen LogP contribution in [0.2, 0.25) is 0 Å². The topological polar surface area (TPSA) is 108 Å². The fourth-order valence-electron chi connectivity index (χ4n) is 2.15. The summed E-state index contributed by atoms with van der Waals surface area (Å²) < 4.78 is 5.20. The lowest BCUT2D eigenvalue weighted by molar-refractivity contribution is -0.708. The van der Waals surface area contributed by atoms with Crippen LogP contribution >= 0.6 is 0 Å². The summed E-state index contributed by atoms with van der Waals surface area (Å²) in [5, 5.41) is 24.9. The SMILES string of the molecule is O=[N+]([O-])C1NCCOC1(Cc1ccccc1)[N+](=O)[O-]. The maximum absolute atomic E-state index is 11.3. The van der Waals surface area contributed by atoms with Gasteiger partial charge in [0.15, 0.2) is 0 Å². The lowest BCUT2D eigenvalue weighted by Gasteiger charge is -2.31. The van der Waals surface area contributed by atoms with Crippen LogP contribution in [0.1, 0.15) is 5.56 Å². The molecule has 2 rings (SSSR count). The normalized spacial score (nSPS) is 26.8. The van der Waals surface area contributed by atoms with Crippen LogP contribution in [0.3, 0.4) is 0 Å². The highest BCUT2D eigenvalue weighted by atomic mass is 16.7. The van der Waals surface area contributed by atoms with E-state index in [0.29, 0.717) is 5.56 Å². The lowest BCUT2D eigenvalue weighted by atomic mass is 9.99. The third kappa shape index (κ3) is 2.54. The van der Waals surface area contributed by atoms with Crippen LogP contribution in [0.25, 0.3) is 0 Å². The minimum Gasteiger partial charge on any atom is -0.307 e. The van der Waals surface area contributed by atoms with Crippen LogP contribution in [0, 0.1) is 20.2 Å². The van der Waals surface area contributed by atoms with Crippen molar-refractivity contribution in [3.8, 4) is 0 Å². The van der Waals surface area contributed by atoms with E-state index in [2.05, 4.69) is 5.32 Å². The largest absolute Gasteiger partial charge is 0.410 e. The summed E-state index contributed by atoms with van der Waals surface area (Å²) in [7, 11) is 0. The highest BCUT2D eigenvalue weighted by molar-refractivity contribution is 5.17. The summed E-state index contributed by atoms with van der Waals surface area (Å²) in [6.45, 7) is 0.286. The second kappa shape index (κ2) is 5.29. The Kier molecular flexibility index (Phi) is 3.72. The van der Waals surface area contributed by atoms with Crippen molar-refractivity contribution in [3.05, 3.63) is 56.1 Å². The van der Waals surface area contributed by atoms with E-state index < -0.39 is 21.7 Å². The van der Waals surface area contributed by atoms with Gasteiger partial charge in [0.25, 0.3) is 0 Å². The van der Waals surface area contributed by atoms with Gasteiger partial charge in [0.2, 0.25) is 0 Å². The zero-order chi connectivity index (χ0) is 13.9. The molecular formula is C11H13N3O5. The van der Waals surface area contributed by atoms with Crippen LogP contribution in [0.4, 0.5) is 0 Å². The second-order valence-corrected chi connectivity index (χ2v) is 4.25. The van der Waals surface area contributed by atoms with E-state index in [1.54, 1.807) is 30.3 Å². The molecule has 0 bridgehead atoms. The van der Waals surface area contributed by atoms with Gasteiger partial charge in [-0.05, 0) is 5.56 Å². The smallest absolute Gasteiger partial charge is 0.307 e. The van der Waals surface area contributed by atoms with Crippen LogP contribution in [-0.4, -0.2) is 34.9 Å². The molecule has 1 aromatic carbocycles. The van der Waals surface area contributed by atoms with Gasteiger partial charge in [-0.3, -0.25) is 20.2 Å². The predicted octanol–water partition coefficient (Wildman–Crippen LogP) is 0.425. The van der Waals surface area contributed by atoms with E-state index in [1.165, 1.54) is 0 Å². The van der Waals surface area contributed by atoms with Crippen molar-refractivity contribution in [1.82, 2.24) is 5.32 Å². The molecule has 8 heteroatoms. The molecule has 2 unspecified atom stereocenters. The summed E-state index contributed by atoms with van der Waals surface area (Å²) in [5.41, 5.74) is -1.45. The van der Waals surface area contributed by atoms with Gasteiger partial charge >= 0.3 is 11.9 Å². The van der Waals surface area contributed by atoms with Crippen LogP contribution in [0.5, 0.6) is 0 Å². The van der Waals surface area contributed by atoms with Crippen molar-refractivity contribution < 1.29 is 14.6 Å². The van der Waals surface area contributed by atoms with Crippen LogP contribution < -0.4 is 5.32 Å². The highest BCUT2D eigenvalue weighted by Gasteiger charge is 2.61. The predicted molar refractivity (Wildman–Crippen MR) is 64.6 cm³/mol. The number of nitrogens with zero attached hydrogens (tertiary/aromatic N) is 2. The Morgan fingerprint density at radius 3 is 2.58 bits per heavy atom. The Bertz CT molecular complexity index is 480. The molecule has 0 aromatic heterocycles. The summed E-state index contributed by atoms with van der Waals surface area (Å²) in [5.74, 6) is 0. The number of morpholine rings is 1. The van der Waals surface area contributed by atoms with Gasteiger partial charge in [-0.1, -0.05) is 30.3 Å². The molecule has 1 aliphatic rings. The van der Waals surface area contributed by atoms with Crippen molar-refractivity contribution in [2.45, 2.75) is 18.3 Å². The lowest BCUT2D eigenvalue weighted by Crippen LogP contribution is -2.66. The molecule has 1 N–H and O–H groups in total. The molecule has 0 spiro atoms. The number of nitro groups is 2. The maximum Gasteiger partial charge on any atom is 0.410 e. The van der Waals surface area contributed by atoms with E-state index in [-0.39, 0.29) is 19.6 Å². The number of nitrogens with one attached hydrogen (secondary N) is 1. The fourth-order valence-corrected chi connectivity index (χ4v) is 2.15. The molecular weight excluding hydrogens is 254 g/mol. The average molecular weight is 267 g/mol. The summed E-state index contributed by atoms with van der Waals surface area (Å²) >= 11 is 0. The molecule has 0 radical (unpaired) electrons. The van der Waals surface area contributed by atoms with Gasteiger partial charge in [-0.2, -0.15) is 0 Å². The zero-order valence-corrected chi connectivity index (χ0v) is 10.0. The molecule has 1 fully saturated rings. The first-order valence-electron chi connectivity index (χ1n) is 5.75. The molecule has 1 aromatic rings. The highest BCUT2D eigenvalue weighted by Crippen LogP contribution is 2.26. The van der Waals surface area contributed by atoms with Gasteiger partial charge in [0, 0.05) is 6.54 Å². The van der Waals surface area contributed by atoms with Crippen molar-refractivity contribution in [2.75, 3.05) is 13.2 Å². The van der Waals surface area contributed by atoms with Gasteiger partial charge in [0.1, 0.15) is 0 Å². The third-order valence-electron chi connectivity index (χ3n) is 3.04. The van der Waals surface area contributed by atoms with Crippen LogP contribution in [0.15, 0.2) is 30.3 Å². The minimum atomic E-state index is -2.07. The van der Waals surface area contributed by atoms with E-state index in [4.69, 9.17) is 4.74 Å². The van der Waals surface area contributed by atoms with Crippen LogP contribution in [-0.2, 0) is 11.2 Å². The standard InChI is InChI=1S/C11H13N3O5/c15-13(16)10-11(14(17)18,19-7-6-12-10)8-9-4-2-1-3-5-9/h1-5,10,12H,6-8H2. The zero-order valence-electron chi connectivity index (χ0n) is 10.0.